The highest BCUT2D eigenvalue weighted by Crippen LogP contribution is 2.28. The van der Waals surface area contributed by atoms with Gasteiger partial charge in [-0.3, -0.25) is 4.90 Å². The van der Waals surface area contributed by atoms with E-state index in [1.165, 1.54) is 14.2 Å². The molecular formula is C24H33N3O7. The maximum absolute atomic E-state index is 12.5. The van der Waals surface area contributed by atoms with Crippen LogP contribution in [-0.4, -0.2) is 87.2 Å². The predicted molar refractivity (Wildman–Crippen MR) is 124 cm³/mol. The van der Waals surface area contributed by atoms with Gasteiger partial charge in [0.05, 0.1) is 26.4 Å². The van der Waals surface area contributed by atoms with Crippen molar-refractivity contribution in [3.63, 3.8) is 0 Å². The van der Waals surface area contributed by atoms with Crippen LogP contribution in [0.5, 0.6) is 0 Å². The first-order chi connectivity index (χ1) is 16.1. The standard InChI is InChI=1S/C24H33N3O7/c1-24(2,3)34-23(30)26-11-9-25(10-12-26)14-17-7-6-8-18(13-17)27-16-33-15-19(21(28)31-4)20(27)22(29)32-5/h6-8,13H,9-12,14-16H2,1-5H3. The fourth-order valence-electron chi connectivity index (χ4n) is 3.84. The smallest absolute Gasteiger partial charge is 0.410 e. The topological polar surface area (TPSA) is 97.9 Å². The van der Waals surface area contributed by atoms with E-state index in [1.54, 1.807) is 9.80 Å². The van der Waals surface area contributed by atoms with Gasteiger partial charge in [0.15, 0.2) is 0 Å². The van der Waals surface area contributed by atoms with Crippen molar-refractivity contribution in [3.8, 4) is 0 Å². The molecule has 1 amide bonds. The van der Waals surface area contributed by atoms with Crippen molar-refractivity contribution in [2.45, 2.75) is 32.9 Å². The van der Waals surface area contributed by atoms with Crippen molar-refractivity contribution in [2.24, 2.45) is 0 Å². The average Bonchev–Trinajstić information content (AvgIpc) is 2.82. The number of anilines is 1. The molecule has 1 fully saturated rings. The number of piperazine rings is 1. The van der Waals surface area contributed by atoms with Crippen LogP contribution in [0, 0.1) is 0 Å². The first-order valence-electron chi connectivity index (χ1n) is 11.2. The number of amides is 1. The van der Waals surface area contributed by atoms with Crippen LogP contribution in [0.1, 0.15) is 26.3 Å². The SMILES string of the molecule is COC(=O)C1=C(C(=O)OC)N(c2cccc(CN3CCN(C(=O)OC(C)(C)C)CC3)c2)COC1. The Morgan fingerprint density at radius 3 is 2.29 bits per heavy atom. The molecule has 0 aliphatic carbocycles. The number of esters is 2. The summed E-state index contributed by atoms with van der Waals surface area (Å²) in [6.45, 7) is 8.93. The van der Waals surface area contributed by atoms with Gasteiger partial charge in [-0.05, 0) is 38.5 Å². The summed E-state index contributed by atoms with van der Waals surface area (Å²) in [4.78, 5) is 42.6. The lowest BCUT2D eigenvalue weighted by atomic mass is 10.1. The van der Waals surface area contributed by atoms with Crippen molar-refractivity contribution < 1.29 is 33.3 Å². The van der Waals surface area contributed by atoms with Crippen LogP contribution in [0.3, 0.4) is 0 Å². The van der Waals surface area contributed by atoms with Gasteiger partial charge in [-0.25, -0.2) is 14.4 Å². The second kappa shape index (κ2) is 10.9. The quantitative estimate of drug-likeness (QED) is 0.469. The third kappa shape index (κ3) is 6.27. The Morgan fingerprint density at radius 2 is 1.68 bits per heavy atom. The van der Waals surface area contributed by atoms with Gasteiger partial charge >= 0.3 is 18.0 Å². The van der Waals surface area contributed by atoms with Gasteiger partial charge in [0.1, 0.15) is 18.0 Å². The molecule has 0 atom stereocenters. The average molecular weight is 476 g/mol. The maximum atomic E-state index is 12.5. The van der Waals surface area contributed by atoms with E-state index >= 15 is 0 Å². The highest BCUT2D eigenvalue weighted by atomic mass is 16.6. The number of hydrogen-bond donors (Lipinski definition) is 0. The molecule has 0 bridgehead atoms. The molecule has 1 aromatic rings. The molecule has 34 heavy (non-hydrogen) atoms. The van der Waals surface area contributed by atoms with Crippen LogP contribution in [-0.2, 0) is 35.1 Å². The van der Waals surface area contributed by atoms with E-state index < -0.39 is 17.5 Å². The van der Waals surface area contributed by atoms with Crippen molar-refractivity contribution in [1.29, 1.82) is 0 Å². The van der Waals surface area contributed by atoms with Crippen LogP contribution in [0.4, 0.5) is 10.5 Å². The molecule has 2 heterocycles. The Labute approximate surface area is 200 Å². The van der Waals surface area contributed by atoms with E-state index in [0.717, 1.165) is 18.7 Å². The molecule has 0 saturated carbocycles. The van der Waals surface area contributed by atoms with Crippen LogP contribution in [0.2, 0.25) is 0 Å². The molecule has 186 valence electrons. The molecule has 0 N–H and O–H groups in total. The minimum Gasteiger partial charge on any atom is -0.466 e. The summed E-state index contributed by atoms with van der Waals surface area (Å²) in [7, 11) is 2.53. The molecule has 2 aliphatic heterocycles. The monoisotopic (exact) mass is 475 g/mol. The highest BCUT2D eigenvalue weighted by Gasteiger charge is 2.32. The van der Waals surface area contributed by atoms with E-state index in [9.17, 15) is 14.4 Å². The van der Waals surface area contributed by atoms with Gasteiger partial charge < -0.3 is 28.7 Å². The van der Waals surface area contributed by atoms with E-state index in [1.807, 2.05) is 45.0 Å². The molecule has 0 unspecified atom stereocenters. The molecule has 0 radical (unpaired) electrons. The van der Waals surface area contributed by atoms with Crippen LogP contribution < -0.4 is 4.90 Å². The third-order valence-electron chi connectivity index (χ3n) is 5.49. The first-order valence-corrected chi connectivity index (χ1v) is 11.2. The fourth-order valence-corrected chi connectivity index (χ4v) is 3.84. The normalized spacial score (nSPS) is 17.4. The van der Waals surface area contributed by atoms with Crippen LogP contribution >= 0.6 is 0 Å². The summed E-state index contributed by atoms with van der Waals surface area (Å²) < 4.78 is 20.8. The van der Waals surface area contributed by atoms with E-state index in [-0.39, 0.29) is 30.7 Å². The minimum atomic E-state index is -0.635. The molecule has 3 rings (SSSR count). The van der Waals surface area contributed by atoms with Gasteiger partial charge in [-0.15, -0.1) is 0 Å². The Balaban J connectivity index is 1.71. The van der Waals surface area contributed by atoms with Crippen molar-refractivity contribution in [1.82, 2.24) is 9.80 Å². The maximum Gasteiger partial charge on any atom is 0.410 e. The lowest BCUT2D eigenvalue weighted by Gasteiger charge is -2.36. The van der Waals surface area contributed by atoms with E-state index in [2.05, 4.69) is 4.90 Å². The largest absolute Gasteiger partial charge is 0.466 e. The third-order valence-corrected chi connectivity index (χ3v) is 5.49. The number of nitrogens with zero attached hydrogens (tertiary/aromatic N) is 3. The summed E-state index contributed by atoms with van der Waals surface area (Å²) in [6.07, 6.45) is -0.289. The van der Waals surface area contributed by atoms with Crippen LogP contribution in [0.15, 0.2) is 35.5 Å². The zero-order valence-electron chi connectivity index (χ0n) is 20.5. The molecule has 1 aromatic carbocycles. The molecule has 10 heteroatoms. The second-order valence-electron chi connectivity index (χ2n) is 9.13. The number of carbonyl (C=O) groups is 3. The molecular weight excluding hydrogens is 442 g/mol. The lowest BCUT2D eigenvalue weighted by molar-refractivity contribution is -0.140. The summed E-state index contributed by atoms with van der Waals surface area (Å²) in [5.74, 6) is -1.27. The Bertz CT molecular complexity index is 946. The number of methoxy groups -OCH3 is 2. The zero-order chi connectivity index (χ0) is 24.9. The number of benzene rings is 1. The number of hydrogen-bond acceptors (Lipinski definition) is 9. The van der Waals surface area contributed by atoms with Crippen molar-refractivity contribution in [2.75, 3.05) is 58.6 Å². The number of carbonyl (C=O) groups excluding carboxylic acids is 3. The minimum absolute atomic E-state index is 0.0325. The van der Waals surface area contributed by atoms with Crippen molar-refractivity contribution >= 4 is 23.7 Å². The summed E-state index contributed by atoms with van der Waals surface area (Å²) in [6, 6.07) is 7.68. The number of ether oxygens (including phenoxy) is 4. The highest BCUT2D eigenvalue weighted by molar-refractivity contribution is 6.03. The van der Waals surface area contributed by atoms with Gasteiger partial charge in [0.25, 0.3) is 0 Å². The van der Waals surface area contributed by atoms with E-state index in [0.29, 0.717) is 25.3 Å². The van der Waals surface area contributed by atoms with Gasteiger partial charge in [0.2, 0.25) is 0 Å². The summed E-state index contributed by atoms with van der Waals surface area (Å²) in [5.41, 5.74) is 1.44. The number of rotatable bonds is 5. The summed E-state index contributed by atoms with van der Waals surface area (Å²) >= 11 is 0. The van der Waals surface area contributed by atoms with Gasteiger partial charge in [-0.1, -0.05) is 12.1 Å². The van der Waals surface area contributed by atoms with Gasteiger partial charge in [0, 0.05) is 38.4 Å². The lowest BCUT2D eigenvalue weighted by Crippen LogP contribution is -2.49. The molecule has 10 nitrogen and oxygen atoms in total. The molecule has 1 saturated heterocycles. The van der Waals surface area contributed by atoms with E-state index in [4.69, 9.17) is 18.9 Å². The molecule has 0 aromatic heterocycles. The predicted octanol–water partition coefficient (Wildman–Crippen LogP) is 2.13. The zero-order valence-corrected chi connectivity index (χ0v) is 20.5. The molecule has 2 aliphatic rings. The summed E-state index contributed by atoms with van der Waals surface area (Å²) in [5, 5.41) is 0. The fraction of sp³-hybridized carbons (Fsp3) is 0.542. The van der Waals surface area contributed by atoms with Gasteiger partial charge in [-0.2, -0.15) is 0 Å². The second-order valence-corrected chi connectivity index (χ2v) is 9.13. The Kier molecular flexibility index (Phi) is 8.16. The first kappa shape index (κ1) is 25.5. The van der Waals surface area contributed by atoms with Crippen molar-refractivity contribution in [3.05, 3.63) is 41.1 Å². The Morgan fingerprint density at radius 1 is 1.00 bits per heavy atom. The van der Waals surface area contributed by atoms with Crippen LogP contribution in [0.25, 0.3) is 0 Å². The Hall–Kier alpha value is -3.11. The molecule has 0 spiro atoms.